The predicted octanol–water partition coefficient (Wildman–Crippen LogP) is 1.55. The van der Waals surface area contributed by atoms with Gasteiger partial charge in [0.25, 0.3) is 0 Å². The first kappa shape index (κ1) is 17.8. The SMILES string of the molecule is O=C(NC1CC12CCCCC2)N1CCN(S(=O)(=O)Cc2ccon2)CC1. The van der Waals surface area contributed by atoms with Crippen LogP contribution in [0.5, 0.6) is 0 Å². The van der Waals surface area contributed by atoms with E-state index in [1.807, 2.05) is 0 Å². The Bertz CT molecular complexity index is 735. The Kier molecular flexibility index (Phi) is 4.68. The molecule has 1 spiro atoms. The van der Waals surface area contributed by atoms with Gasteiger partial charge < -0.3 is 14.7 Å². The molecule has 1 atom stereocenters. The van der Waals surface area contributed by atoms with Crippen molar-refractivity contribution >= 4 is 16.1 Å². The second-order valence-electron chi connectivity index (χ2n) is 7.76. The van der Waals surface area contributed by atoms with E-state index >= 15 is 0 Å². The number of hydrogen-bond acceptors (Lipinski definition) is 5. The molecule has 2 heterocycles. The Labute approximate surface area is 153 Å². The molecule has 1 unspecified atom stereocenters. The summed E-state index contributed by atoms with van der Waals surface area (Å²) in [4.78, 5) is 14.2. The molecule has 2 saturated carbocycles. The van der Waals surface area contributed by atoms with Gasteiger partial charge >= 0.3 is 6.03 Å². The second-order valence-corrected chi connectivity index (χ2v) is 9.73. The number of rotatable bonds is 4. The van der Waals surface area contributed by atoms with Gasteiger partial charge in [0, 0.05) is 38.3 Å². The first-order valence-electron chi connectivity index (χ1n) is 9.41. The minimum absolute atomic E-state index is 0.0500. The summed E-state index contributed by atoms with van der Waals surface area (Å²) in [6, 6.07) is 1.81. The van der Waals surface area contributed by atoms with Gasteiger partial charge in [0.05, 0.1) is 5.69 Å². The fourth-order valence-corrected chi connectivity index (χ4v) is 5.78. The van der Waals surface area contributed by atoms with Crippen LogP contribution in [-0.2, 0) is 15.8 Å². The van der Waals surface area contributed by atoms with Crippen LogP contribution < -0.4 is 5.32 Å². The first-order valence-corrected chi connectivity index (χ1v) is 11.0. The number of urea groups is 1. The van der Waals surface area contributed by atoms with Crippen molar-refractivity contribution in [2.75, 3.05) is 26.2 Å². The fourth-order valence-electron chi connectivity index (χ4n) is 4.36. The molecule has 26 heavy (non-hydrogen) atoms. The van der Waals surface area contributed by atoms with Crippen molar-refractivity contribution in [3.63, 3.8) is 0 Å². The van der Waals surface area contributed by atoms with Gasteiger partial charge in [0.1, 0.15) is 12.0 Å². The quantitative estimate of drug-likeness (QED) is 0.852. The Morgan fingerprint density at radius 3 is 2.62 bits per heavy atom. The van der Waals surface area contributed by atoms with E-state index in [4.69, 9.17) is 4.52 Å². The third-order valence-corrected chi connectivity index (χ3v) is 7.89. The van der Waals surface area contributed by atoms with E-state index < -0.39 is 10.0 Å². The number of carbonyl (C=O) groups is 1. The minimum Gasteiger partial charge on any atom is -0.364 e. The number of amides is 2. The molecule has 4 rings (SSSR count). The maximum absolute atomic E-state index is 12.5. The van der Waals surface area contributed by atoms with E-state index in [-0.39, 0.29) is 11.8 Å². The topological polar surface area (TPSA) is 95.8 Å². The lowest BCUT2D eigenvalue weighted by atomic mass is 9.86. The lowest BCUT2D eigenvalue weighted by Gasteiger charge is -2.34. The van der Waals surface area contributed by atoms with E-state index in [0.29, 0.717) is 43.3 Å². The molecule has 3 fully saturated rings. The molecule has 1 aromatic heterocycles. The zero-order valence-electron chi connectivity index (χ0n) is 14.9. The average Bonchev–Trinajstić information content (AvgIpc) is 3.04. The summed E-state index contributed by atoms with van der Waals surface area (Å²) in [6.07, 6.45) is 8.78. The van der Waals surface area contributed by atoms with E-state index in [9.17, 15) is 13.2 Å². The number of aromatic nitrogens is 1. The minimum atomic E-state index is -3.44. The van der Waals surface area contributed by atoms with Crippen LogP contribution in [0.4, 0.5) is 4.79 Å². The van der Waals surface area contributed by atoms with Crippen LogP contribution in [0.15, 0.2) is 16.9 Å². The predicted molar refractivity (Wildman–Crippen MR) is 94.7 cm³/mol. The van der Waals surface area contributed by atoms with Crippen LogP contribution >= 0.6 is 0 Å². The Morgan fingerprint density at radius 1 is 1.23 bits per heavy atom. The van der Waals surface area contributed by atoms with Crippen molar-refractivity contribution in [2.45, 2.75) is 50.3 Å². The average molecular weight is 382 g/mol. The molecule has 9 heteroatoms. The molecule has 2 amide bonds. The third kappa shape index (κ3) is 3.59. The molecular formula is C17H26N4O4S. The van der Waals surface area contributed by atoms with Crippen molar-refractivity contribution < 1.29 is 17.7 Å². The number of sulfonamides is 1. The van der Waals surface area contributed by atoms with Gasteiger partial charge in [-0.3, -0.25) is 0 Å². The Balaban J connectivity index is 1.26. The zero-order chi connectivity index (χ0) is 18.2. The highest BCUT2D eigenvalue weighted by molar-refractivity contribution is 7.88. The molecule has 0 radical (unpaired) electrons. The number of nitrogens with one attached hydrogen (secondary N) is 1. The fraction of sp³-hybridized carbons (Fsp3) is 0.765. The van der Waals surface area contributed by atoms with Gasteiger partial charge in [-0.25, -0.2) is 13.2 Å². The molecule has 2 aliphatic carbocycles. The summed E-state index contributed by atoms with van der Waals surface area (Å²) in [7, 11) is -3.44. The Hall–Kier alpha value is -1.61. The van der Waals surface area contributed by atoms with Gasteiger partial charge in [0.2, 0.25) is 10.0 Å². The molecule has 144 valence electrons. The van der Waals surface area contributed by atoms with Crippen molar-refractivity contribution in [1.82, 2.24) is 19.7 Å². The molecule has 1 aliphatic heterocycles. The van der Waals surface area contributed by atoms with E-state index in [1.165, 1.54) is 42.7 Å². The molecule has 1 aromatic rings. The van der Waals surface area contributed by atoms with Crippen molar-refractivity contribution in [3.8, 4) is 0 Å². The van der Waals surface area contributed by atoms with E-state index in [2.05, 4.69) is 10.5 Å². The molecule has 1 N–H and O–H groups in total. The van der Waals surface area contributed by atoms with Gasteiger partial charge in [-0.2, -0.15) is 4.31 Å². The monoisotopic (exact) mass is 382 g/mol. The highest BCUT2D eigenvalue weighted by Crippen LogP contribution is 2.56. The van der Waals surface area contributed by atoms with Gasteiger partial charge in [-0.1, -0.05) is 24.4 Å². The molecule has 8 nitrogen and oxygen atoms in total. The molecule has 3 aliphatic rings. The Morgan fingerprint density at radius 2 is 1.96 bits per heavy atom. The van der Waals surface area contributed by atoms with E-state index in [0.717, 1.165) is 6.42 Å². The van der Waals surface area contributed by atoms with Crippen LogP contribution in [0.2, 0.25) is 0 Å². The lowest BCUT2D eigenvalue weighted by Crippen LogP contribution is -2.53. The van der Waals surface area contributed by atoms with Gasteiger partial charge in [-0.15, -0.1) is 0 Å². The van der Waals surface area contributed by atoms with Crippen LogP contribution in [0, 0.1) is 5.41 Å². The number of nitrogens with zero attached hydrogens (tertiary/aromatic N) is 3. The maximum atomic E-state index is 12.5. The number of carbonyl (C=O) groups excluding carboxylic acids is 1. The normalized spacial score (nSPS) is 26.0. The summed E-state index contributed by atoms with van der Waals surface area (Å²) in [5, 5.41) is 6.84. The second kappa shape index (κ2) is 6.84. The summed E-state index contributed by atoms with van der Waals surface area (Å²) in [6.45, 7) is 1.49. The van der Waals surface area contributed by atoms with Crippen molar-refractivity contribution in [1.29, 1.82) is 0 Å². The maximum Gasteiger partial charge on any atom is 0.317 e. The summed E-state index contributed by atoms with van der Waals surface area (Å²) in [5.74, 6) is -0.166. The van der Waals surface area contributed by atoms with Gasteiger partial charge in [0.15, 0.2) is 0 Å². The third-order valence-electron chi connectivity index (χ3n) is 6.08. The molecule has 1 saturated heterocycles. The highest BCUT2D eigenvalue weighted by atomic mass is 32.2. The van der Waals surface area contributed by atoms with Crippen LogP contribution in [-0.4, -0.2) is 61.0 Å². The smallest absolute Gasteiger partial charge is 0.317 e. The summed E-state index contributed by atoms with van der Waals surface area (Å²) in [5.41, 5.74) is 0.758. The first-order chi connectivity index (χ1) is 12.5. The van der Waals surface area contributed by atoms with E-state index in [1.54, 1.807) is 11.0 Å². The summed E-state index contributed by atoms with van der Waals surface area (Å²) >= 11 is 0. The standard InChI is InChI=1S/C17H26N4O4S/c22-16(18-15-12-17(15)5-2-1-3-6-17)20-7-9-21(10-8-20)26(23,24)13-14-4-11-25-19-14/h4,11,15H,1-3,5-10,12-13H2,(H,18,22). The van der Waals surface area contributed by atoms with Crippen LogP contribution in [0.3, 0.4) is 0 Å². The lowest BCUT2D eigenvalue weighted by molar-refractivity contribution is 0.169. The highest BCUT2D eigenvalue weighted by Gasteiger charge is 2.54. The molecular weight excluding hydrogens is 356 g/mol. The van der Waals surface area contributed by atoms with Crippen molar-refractivity contribution in [3.05, 3.63) is 18.0 Å². The molecule has 0 aromatic carbocycles. The number of hydrogen-bond donors (Lipinski definition) is 1. The number of piperazine rings is 1. The van der Waals surface area contributed by atoms with Gasteiger partial charge in [-0.05, 0) is 24.7 Å². The molecule has 0 bridgehead atoms. The van der Waals surface area contributed by atoms with Crippen molar-refractivity contribution in [2.24, 2.45) is 5.41 Å². The zero-order valence-corrected chi connectivity index (χ0v) is 15.7. The van der Waals surface area contributed by atoms with Crippen LogP contribution in [0.1, 0.15) is 44.2 Å². The largest absolute Gasteiger partial charge is 0.364 e. The summed E-state index contributed by atoms with van der Waals surface area (Å²) < 4.78 is 31.0. The van der Waals surface area contributed by atoms with Crippen LogP contribution in [0.25, 0.3) is 0 Å².